The molecule has 0 aromatic heterocycles. The van der Waals surface area contributed by atoms with E-state index in [9.17, 15) is 8.78 Å². The summed E-state index contributed by atoms with van der Waals surface area (Å²) >= 11 is 1.72. The zero-order chi connectivity index (χ0) is 10.0. The van der Waals surface area contributed by atoms with Crippen molar-refractivity contribution in [3.8, 4) is 0 Å². The first-order valence-corrected chi connectivity index (χ1v) is 4.66. The van der Waals surface area contributed by atoms with Gasteiger partial charge in [-0.2, -0.15) is 0 Å². The maximum atomic E-state index is 13.2. The SMILES string of the molecule is C=CC(N)c1cc(F)c(I)cc1F. The molecule has 1 unspecified atom stereocenters. The first kappa shape index (κ1) is 10.6. The van der Waals surface area contributed by atoms with Crippen LogP contribution >= 0.6 is 22.6 Å². The number of hydrogen-bond acceptors (Lipinski definition) is 1. The minimum absolute atomic E-state index is 0.132. The Morgan fingerprint density at radius 2 is 2.00 bits per heavy atom. The van der Waals surface area contributed by atoms with Crippen LogP contribution in [0.5, 0.6) is 0 Å². The van der Waals surface area contributed by atoms with Gasteiger partial charge in [0.1, 0.15) is 11.6 Å². The molecule has 0 aliphatic carbocycles. The van der Waals surface area contributed by atoms with Gasteiger partial charge >= 0.3 is 0 Å². The molecule has 1 rings (SSSR count). The van der Waals surface area contributed by atoms with Crippen molar-refractivity contribution >= 4 is 22.6 Å². The Bertz CT molecular complexity index is 339. The fourth-order valence-corrected chi connectivity index (χ4v) is 1.35. The lowest BCUT2D eigenvalue weighted by Crippen LogP contribution is -2.09. The van der Waals surface area contributed by atoms with Crippen LogP contribution in [0.15, 0.2) is 24.8 Å². The molecule has 70 valence electrons. The summed E-state index contributed by atoms with van der Waals surface area (Å²) in [6, 6.07) is 1.56. The second-order valence-corrected chi connectivity index (χ2v) is 3.71. The summed E-state index contributed by atoms with van der Waals surface area (Å²) in [6.07, 6.45) is 1.37. The van der Waals surface area contributed by atoms with E-state index in [4.69, 9.17) is 5.73 Å². The fraction of sp³-hybridized carbons (Fsp3) is 0.111. The largest absolute Gasteiger partial charge is 0.321 e. The Balaban J connectivity index is 3.22. The Morgan fingerprint density at radius 3 is 2.54 bits per heavy atom. The average Bonchev–Trinajstić information content (AvgIpc) is 2.10. The third-order valence-corrected chi connectivity index (χ3v) is 2.48. The third-order valence-electron chi connectivity index (χ3n) is 1.65. The minimum Gasteiger partial charge on any atom is -0.321 e. The predicted molar refractivity (Wildman–Crippen MR) is 56.2 cm³/mol. The van der Waals surface area contributed by atoms with Crippen LogP contribution in [0.2, 0.25) is 0 Å². The molecule has 1 aromatic carbocycles. The van der Waals surface area contributed by atoms with Crippen molar-refractivity contribution in [2.75, 3.05) is 0 Å². The fourth-order valence-electron chi connectivity index (χ4n) is 0.920. The Kier molecular flexibility index (Phi) is 3.38. The molecular weight excluding hydrogens is 287 g/mol. The maximum absolute atomic E-state index is 13.2. The number of hydrogen-bond donors (Lipinski definition) is 1. The van der Waals surface area contributed by atoms with Gasteiger partial charge in [-0.1, -0.05) is 6.08 Å². The van der Waals surface area contributed by atoms with Gasteiger partial charge in [-0.3, -0.25) is 0 Å². The van der Waals surface area contributed by atoms with Gasteiger partial charge in [0.05, 0.1) is 9.61 Å². The number of halogens is 3. The van der Waals surface area contributed by atoms with Gasteiger partial charge in [0, 0.05) is 5.56 Å². The summed E-state index contributed by atoms with van der Waals surface area (Å²) in [6.45, 7) is 3.41. The van der Waals surface area contributed by atoms with E-state index in [1.54, 1.807) is 22.6 Å². The van der Waals surface area contributed by atoms with Crippen molar-refractivity contribution < 1.29 is 8.78 Å². The van der Waals surface area contributed by atoms with Crippen LogP contribution in [0.3, 0.4) is 0 Å². The minimum atomic E-state index is -0.661. The van der Waals surface area contributed by atoms with Gasteiger partial charge in [0.15, 0.2) is 0 Å². The van der Waals surface area contributed by atoms with Gasteiger partial charge in [0.2, 0.25) is 0 Å². The third kappa shape index (κ3) is 2.25. The van der Waals surface area contributed by atoms with Crippen LogP contribution < -0.4 is 5.73 Å². The zero-order valence-corrected chi connectivity index (χ0v) is 8.89. The standard InChI is InChI=1S/C9H8F2IN/c1-2-9(13)5-3-7(11)8(12)4-6(5)10/h2-4,9H,1,13H2. The molecule has 0 radical (unpaired) electrons. The smallest absolute Gasteiger partial charge is 0.137 e. The molecule has 13 heavy (non-hydrogen) atoms. The van der Waals surface area contributed by atoms with Gasteiger partial charge < -0.3 is 5.73 Å². The lowest BCUT2D eigenvalue weighted by atomic mass is 10.1. The molecule has 0 aliphatic rings. The van der Waals surface area contributed by atoms with E-state index in [0.29, 0.717) is 0 Å². The summed E-state index contributed by atoms with van der Waals surface area (Å²) in [5.41, 5.74) is 5.62. The van der Waals surface area contributed by atoms with Crippen LogP contribution in [-0.4, -0.2) is 0 Å². The van der Waals surface area contributed by atoms with Crippen LogP contribution in [0.4, 0.5) is 8.78 Å². The zero-order valence-electron chi connectivity index (χ0n) is 6.73. The number of benzene rings is 1. The quantitative estimate of drug-likeness (QED) is 0.507. The average molecular weight is 295 g/mol. The molecule has 0 bridgehead atoms. The molecule has 2 N–H and O–H groups in total. The van der Waals surface area contributed by atoms with Crippen molar-refractivity contribution in [1.82, 2.24) is 0 Å². The summed E-state index contributed by atoms with van der Waals surface area (Å²) in [5, 5.41) is 0. The molecule has 0 saturated heterocycles. The molecule has 0 aliphatic heterocycles. The molecular formula is C9H8F2IN. The lowest BCUT2D eigenvalue weighted by Gasteiger charge is -2.08. The van der Waals surface area contributed by atoms with E-state index >= 15 is 0 Å². The molecule has 0 saturated carbocycles. The molecule has 0 spiro atoms. The van der Waals surface area contributed by atoms with Gasteiger partial charge in [-0.15, -0.1) is 6.58 Å². The van der Waals surface area contributed by atoms with E-state index in [1.165, 1.54) is 6.08 Å². The number of rotatable bonds is 2. The summed E-state index contributed by atoms with van der Waals surface area (Å²) in [4.78, 5) is 0. The molecule has 1 nitrogen and oxygen atoms in total. The highest BCUT2D eigenvalue weighted by atomic mass is 127. The Labute approximate surface area is 88.8 Å². The topological polar surface area (TPSA) is 26.0 Å². The van der Waals surface area contributed by atoms with Crippen LogP contribution in [0, 0.1) is 15.2 Å². The first-order valence-electron chi connectivity index (χ1n) is 3.59. The summed E-state index contributed by atoms with van der Waals surface area (Å²) < 4.78 is 26.4. The van der Waals surface area contributed by atoms with Crippen molar-refractivity contribution in [2.24, 2.45) is 5.73 Å². The molecule has 4 heteroatoms. The number of nitrogens with two attached hydrogens (primary N) is 1. The summed E-state index contributed by atoms with van der Waals surface area (Å²) in [7, 11) is 0. The second kappa shape index (κ2) is 4.15. The van der Waals surface area contributed by atoms with Gasteiger partial charge in [0.25, 0.3) is 0 Å². The van der Waals surface area contributed by atoms with E-state index < -0.39 is 17.7 Å². The monoisotopic (exact) mass is 295 g/mol. The van der Waals surface area contributed by atoms with Crippen LogP contribution in [-0.2, 0) is 0 Å². The van der Waals surface area contributed by atoms with Crippen molar-refractivity contribution in [2.45, 2.75) is 6.04 Å². The normalized spacial score (nSPS) is 12.6. The Morgan fingerprint density at radius 1 is 1.38 bits per heavy atom. The van der Waals surface area contributed by atoms with E-state index in [2.05, 4.69) is 6.58 Å². The molecule has 0 amide bonds. The molecule has 0 heterocycles. The van der Waals surface area contributed by atoms with Crippen molar-refractivity contribution in [1.29, 1.82) is 0 Å². The first-order chi connectivity index (χ1) is 6.06. The highest BCUT2D eigenvalue weighted by molar-refractivity contribution is 14.1. The van der Waals surface area contributed by atoms with E-state index in [-0.39, 0.29) is 9.13 Å². The predicted octanol–water partition coefficient (Wildman–Crippen LogP) is 2.76. The van der Waals surface area contributed by atoms with Gasteiger partial charge in [-0.05, 0) is 34.7 Å². The van der Waals surface area contributed by atoms with Crippen molar-refractivity contribution in [3.05, 3.63) is 45.6 Å². The lowest BCUT2D eigenvalue weighted by molar-refractivity contribution is 0.573. The molecule has 1 aromatic rings. The van der Waals surface area contributed by atoms with Gasteiger partial charge in [-0.25, -0.2) is 8.78 Å². The second-order valence-electron chi connectivity index (χ2n) is 2.55. The molecule has 0 fully saturated rings. The van der Waals surface area contributed by atoms with Crippen LogP contribution in [0.1, 0.15) is 11.6 Å². The van der Waals surface area contributed by atoms with Crippen molar-refractivity contribution in [3.63, 3.8) is 0 Å². The summed E-state index contributed by atoms with van der Waals surface area (Å²) in [5.74, 6) is -0.965. The maximum Gasteiger partial charge on any atom is 0.137 e. The van der Waals surface area contributed by atoms with E-state index in [1.807, 2.05) is 0 Å². The van der Waals surface area contributed by atoms with Crippen LogP contribution in [0.25, 0.3) is 0 Å². The highest BCUT2D eigenvalue weighted by Crippen LogP contribution is 2.21. The van der Waals surface area contributed by atoms with E-state index in [0.717, 1.165) is 12.1 Å². The Hall–Kier alpha value is -0.490. The highest BCUT2D eigenvalue weighted by Gasteiger charge is 2.11. The molecule has 1 atom stereocenters.